The number of piperidine rings is 1. The fourth-order valence-corrected chi connectivity index (χ4v) is 5.05. The van der Waals surface area contributed by atoms with Crippen LogP contribution in [0, 0.1) is 11.3 Å². The van der Waals surface area contributed by atoms with Gasteiger partial charge in [0.1, 0.15) is 17.4 Å². The summed E-state index contributed by atoms with van der Waals surface area (Å²) in [6, 6.07) is 16.4. The highest BCUT2D eigenvalue weighted by Crippen LogP contribution is 2.37. The molecule has 1 aliphatic rings. The molecule has 0 unspecified atom stereocenters. The second kappa shape index (κ2) is 9.18. The van der Waals surface area contributed by atoms with Gasteiger partial charge in [-0.3, -0.25) is 9.59 Å². The lowest BCUT2D eigenvalue weighted by Crippen LogP contribution is -2.48. The van der Waals surface area contributed by atoms with Gasteiger partial charge in [-0.1, -0.05) is 65.1 Å². The largest absolute Gasteiger partial charge is 0.337 e. The lowest BCUT2D eigenvalue weighted by molar-refractivity contribution is -0.124. The second-order valence-corrected chi connectivity index (χ2v) is 9.13. The molecule has 0 bridgehead atoms. The standard InChI is InChI=1S/C24H19Cl3N4O2/c1-15(32)24(16-5-3-2-4-6-16)9-11-30(12-10-24)23(33)21-18(14-28)22(27)31(29-21)20-8-7-17(25)13-19(20)26/h2-8,13H,9-12H2,1H3. The summed E-state index contributed by atoms with van der Waals surface area (Å²) in [6.07, 6.45) is 0.967. The first-order valence-corrected chi connectivity index (χ1v) is 11.4. The quantitative estimate of drug-likeness (QED) is 0.475. The Hall–Kier alpha value is -2.85. The summed E-state index contributed by atoms with van der Waals surface area (Å²) in [5.41, 5.74) is 0.638. The van der Waals surface area contributed by atoms with Crippen LogP contribution >= 0.6 is 34.8 Å². The molecular formula is C24H19Cl3N4O2. The predicted molar refractivity (Wildman–Crippen MR) is 127 cm³/mol. The Morgan fingerprint density at radius 1 is 1.06 bits per heavy atom. The van der Waals surface area contributed by atoms with Gasteiger partial charge in [0.25, 0.3) is 5.91 Å². The number of benzene rings is 2. The van der Waals surface area contributed by atoms with Crippen molar-refractivity contribution in [3.05, 3.63) is 80.6 Å². The van der Waals surface area contributed by atoms with Gasteiger partial charge in [0.15, 0.2) is 10.8 Å². The third kappa shape index (κ3) is 4.13. The molecule has 1 aliphatic heterocycles. The van der Waals surface area contributed by atoms with Crippen molar-refractivity contribution in [1.82, 2.24) is 14.7 Å². The Labute approximate surface area is 206 Å². The summed E-state index contributed by atoms with van der Waals surface area (Å²) in [5, 5.41) is 14.7. The zero-order valence-electron chi connectivity index (χ0n) is 17.7. The molecule has 33 heavy (non-hydrogen) atoms. The number of hydrogen-bond acceptors (Lipinski definition) is 4. The van der Waals surface area contributed by atoms with Crippen LogP contribution in [0.5, 0.6) is 0 Å². The van der Waals surface area contributed by atoms with Crippen molar-refractivity contribution in [2.24, 2.45) is 0 Å². The van der Waals surface area contributed by atoms with Gasteiger partial charge in [0, 0.05) is 18.1 Å². The van der Waals surface area contributed by atoms with E-state index in [4.69, 9.17) is 34.8 Å². The average molecular weight is 502 g/mol. The SMILES string of the molecule is CC(=O)C1(c2ccccc2)CCN(C(=O)c2nn(-c3ccc(Cl)cc3Cl)c(Cl)c2C#N)CC1. The molecule has 1 amide bonds. The highest BCUT2D eigenvalue weighted by atomic mass is 35.5. The maximum atomic E-state index is 13.3. The Morgan fingerprint density at radius 2 is 1.73 bits per heavy atom. The zero-order valence-corrected chi connectivity index (χ0v) is 20.0. The van der Waals surface area contributed by atoms with E-state index in [9.17, 15) is 14.9 Å². The van der Waals surface area contributed by atoms with E-state index in [1.165, 1.54) is 10.7 Å². The molecule has 3 aromatic rings. The van der Waals surface area contributed by atoms with Crippen molar-refractivity contribution in [3.63, 3.8) is 0 Å². The minimum absolute atomic E-state index is 0.00977. The van der Waals surface area contributed by atoms with Crippen LogP contribution in [0.1, 0.15) is 41.4 Å². The number of amides is 1. The first kappa shape index (κ1) is 23.3. The number of nitriles is 1. The van der Waals surface area contributed by atoms with E-state index in [0.29, 0.717) is 36.6 Å². The third-order valence-electron chi connectivity index (χ3n) is 6.19. The van der Waals surface area contributed by atoms with Gasteiger partial charge in [-0.15, -0.1) is 0 Å². The summed E-state index contributed by atoms with van der Waals surface area (Å²) in [4.78, 5) is 27.6. The van der Waals surface area contributed by atoms with Gasteiger partial charge in [-0.2, -0.15) is 10.4 Å². The zero-order chi connectivity index (χ0) is 23.8. The number of halogens is 3. The summed E-state index contributed by atoms with van der Waals surface area (Å²) in [5.74, 6) is -0.342. The smallest absolute Gasteiger partial charge is 0.275 e. The van der Waals surface area contributed by atoms with Gasteiger partial charge in [-0.25, -0.2) is 4.68 Å². The number of hydrogen-bond donors (Lipinski definition) is 0. The number of aromatic nitrogens is 2. The van der Waals surface area contributed by atoms with Gasteiger partial charge in [0.2, 0.25) is 0 Å². The molecule has 0 spiro atoms. The van der Waals surface area contributed by atoms with Crippen molar-refractivity contribution in [3.8, 4) is 11.8 Å². The third-order valence-corrected chi connectivity index (χ3v) is 7.07. The molecule has 2 heterocycles. The normalized spacial score (nSPS) is 15.2. The maximum Gasteiger partial charge on any atom is 0.275 e. The molecule has 0 N–H and O–H groups in total. The molecule has 9 heteroatoms. The number of carbonyl (C=O) groups excluding carboxylic acids is 2. The van der Waals surface area contributed by atoms with Crippen LogP contribution in [0.2, 0.25) is 15.2 Å². The molecule has 1 saturated heterocycles. The highest BCUT2D eigenvalue weighted by molar-refractivity contribution is 6.36. The van der Waals surface area contributed by atoms with Crippen LogP contribution in [-0.2, 0) is 10.2 Å². The van der Waals surface area contributed by atoms with Crippen LogP contribution in [-0.4, -0.2) is 39.5 Å². The van der Waals surface area contributed by atoms with Crippen molar-refractivity contribution in [1.29, 1.82) is 5.26 Å². The number of rotatable bonds is 4. The topological polar surface area (TPSA) is 79.0 Å². The lowest BCUT2D eigenvalue weighted by Gasteiger charge is -2.40. The Balaban J connectivity index is 1.63. The molecule has 0 aliphatic carbocycles. The van der Waals surface area contributed by atoms with Crippen molar-refractivity contribution in [2.75, 3.05) is 13.1 Å². The molecule has 0 atom stereocenters. The van der Waals surface area contributed by atoms with E-state index in [-0.39, 0.29) is 27.2 Å². The Morgan fingerprint density at radius 3 is 2.30 bits per heavy atom. The van der Waals surface area contributed by atoms with E-state index < -0.39 is 11.3 Å². The Bertz CT molecular complexity index is 1270. The number of nitrogens with zero attached hydrogens (tertiary/aromatic N) is 4. The van der Waals surface area contributed by atoms with Crippen molar-refractivity contribution < 1.29 is 9.59 Å². The van der Waals surface area contributed by atoms with E-state index >= 15 is 0 Å². The predicted octanol–water partition coefficient (Wildman–Crippen LogP) is 5.47. The fraction of sp³-hybridized carbons (Fsp3) is 0.250. The molecule has 2 aromatic carbocycles. The number of carbonyl (C=O) groups is 2. The number of ketones is 1. The van der Waals surface area contributed by atoms with Gasteiger partial charge in [0.05, 0.1) is 16.1 Å². The summed E-state index contributed by atoms with van der Waals surface area (Å²) in [7, 11) is 0. The fourth-order valence-electron chi connectivity index (χ4n) is 4.30. The molecule has 4 rings (SSSR count). The van der Waals surface area contributed by atoms with Crippen LogP contribution in [0.3, 0.4) is 0 Å². The highest BCUT2D eigenvalue weighted by Gasteiger charge is 2.42. The van der Waals surface area contributed by atoms with E-state index in [0.717, 1.165) is 5.56 Å². The van der Waals surface area contributed by atoms with E-state index in [2.05, 4.69) is 5.10 Å². The minimum atomic E-state index is -0.635. The molecule has 0 saturated carbocycles. The number of likely N-dealkylation sites (tertiary alicyclic amines) is 1. The first-order chi connectivity index (χ1) is 15.8. The molecular weight excluding hydrogens is 483 g/mol. The summed E-state index contributed by atoms with van der Waals surface area (Å²) >= 11 is 18.6. The van der Waals surface area contributed by atoms with Crippen molar-refractivity contribution in [2.45, 2.75) is 25.2 Å². The van der Waals surface area contributed by atoms with Crippen LogP contribution in [0.4, 0.5) is 0 Å². The molecule has 0 radical (unpaired) electrons. The second-order valence-electron chi connectivity index (χ2n) is 7.93. The maximum absolute atomic E-state index is 13.3. The molecule has 1 aromatic heterocycles. The first-order valence-electron chi connectivity index (χ1n) is 10.3. The van der Waals surface area contributed by atoms with E-state index in [1.807, 2.05) is 36.4 Å². The Kier molecular flexibility index (Phi) is 6.49. The van der Waals surface area contributed by atoms with Gasteiger partial charge in [-0.05, 0) is 43.5 Å². The average Bonchev–Trinajstić information content (AvgIpc) is 3.15. The monoisotopic (exact) mass is 500 g/mol. The van der Waals surface area contributed by atoms with Gasteiger partial charge >= 0.3 is 0 Å². The van der Waals surface area contributed by atoms with Crippen molar-refractivity contribution >= 4 is 46.5 Å². The number of Topliss-reactive ketones (excluding diaryl/α,β-unsaturated/α-hetero) is 1. The van der Waals surface area contributed by atoms with Crippen LogP contribution < -0.4 is 0 Å². The molecule has 1 fully saturated rings. The minimum Gasteiger partial charge on any atom is -0.337 e. The van der Waals surface area contributed by atoms with E-state index in [1.54, 1.807) is 24.0 Å². The summed E-state index contributed by atoms with van der Waals surface area (Å²) < 4.78 is 1.26. The summed E-state index contributed by atoms with van der Waals surface area (Å²) in [6.45, 7) is 2.30. The van der Waals surface area contributed by atoms with Gasteiger partial charge < -0.3 is 4.90 Å². The lowest BCUT2D eigenvalue weighted by atomic mass is 9.70. The van der Waals surface area contributed by atoms with Crippen LogP contribution in [0.15, 0.2) is 48.5 Å². The molecule has 168 valence electrons. The van der Waals surface area contributed by atoms with Crippen LogP contribution in [0.25, 0.3) is 5.69 Å². The molecule has 6 nitrogen and oxygen atoms in total.